The molecule has 1 atom stereocenters. The molecule has 0 amide bonds. The summed E-state index contributed by atoms with van der Waals surface area (Å²) in [6.45, 7) is 0. The Labute approximate surface area is 175 Å². The minimum atomic E-state index is -0.856. The van der Waals surface area contributed by atoms with E-state index in [-0.39, 0.29) is 23.0 Å². The predicted octanol–water partition coefficient (Wildman–Crippen LogP) is 2.08. The van der Waals surface area contributed by atoms with E-state index < -0.39 is 12.0 Å². The van der Waals surface area contributed by atoms with Gasteiger partial charge in [-0.2, -0.15) is 4.68 Å². The van der Waals surface area contributed by atoms with Crippen LogP contribution >= 0.6 is 11.3 Å². The summed E-state index contributed by atoms with van der Waals surface area (Å²) < 4.78 is 17.2. The van der Waals surface area contributed by atoms with E-state index in [1.165, 1.54) is 37.3 Å². The molecule has 2 aromatic heterocycles. The van der Waals surface area contributed by atoms with Gasteiger partial charge in [0.05, 0.1) is 31.8 Å². The number of allylic oxidation sites excluding steroid dienone is 1. The van der Waals surface area contributed by atoms with E-state index >= 15 is 0 Å². The minimum absolute atomic E-state index is 0.0342. The van der Waals surface area contributed by atoms with Crippen LogP contribution < -0.4 is 14.8 Å². The third-order valence-electron chi connectivity index (χ3n) is 4.63. The van der Waals surface area contributed by atoms with Gasteiger partial charge in [-0.1, -0.05) is 11.2 Å². The number of Topliss-reactive ketones (excluding diaryl/α,β-unsaturated/α-hetero) is 1. The number of rotatable bonds is 6. The van der Waals surface area contributed by atoms with E-state index in [1.54, 1.807) is 35.7 Å². The molecule has 10 nitrogen and oxygen atoms in total. The average molecular weight is 427 g/mol. The maximum absolute atomic E-state index is 13.5. The Morgan fingerprint density at radius 2 is 2.00 bits per heavy atom. The van der Waals surface area contributed by atoms with E-state index in [0.717, 1.165) is 0 Å². The van der Waals surface area contributed by atoms with Crippen LogP contribution in [0.4, 0.5) is 5.95 Å². The number of ketones is 1. The molecule has 0 fully saturated rings. The zero-order chi connectivity index (χ0) is 21.3. The maximum Gasteiger partial charge on any atom is 0.355 e. The lowest BCUT2D eigenvalue weighted by atomic mass is 9.91. The molecule has 1 N–H and O–H groups in total. The number of aromatic nitrogens is 4. The second-order valence-electron chi connectivity index (χ2n) is 6.17. The number of nitrogens with zero attached hydrogens (tertiary/aromatic N) is 4. The van der Waals surface area contributed by atoms with Crippen molar-refractivity contribution in [3.05, 3.63) is 57.4 Å². The van der Waals surface area contributed by atoms with Crippen LogP contribution in [0.25, 0.3) is 0 Å². The fourth-order valence-electron chi connectivity index (χ4n) is 3.27. The number of ether oxygens (including phenoxy) is 3. The van der Waals surface area contributed by atoms with Crippen molar-refractivity contribution in [3.8, 4) is 11.5 Å². The number of thiophene rings is 1. The van der Waals surface area contributed by atoms with Gasteiger partial charge in [0.1, 0.15) is 23.2 Å². The smallest absolute Gasteiger partial charge is 0.355 e. The lowest BCUT2D eigenvalue weighted by Crippen LogP contribution is -2.33. The van der Waals surface area contributed by atoms with E-state index in [4.69, 9.17) is 14.2 Å². The molecule has 3 aromatic rings. The van der Waals surface area contributed by atoms with Crippen LogP contribution in [0.1, 0.15) is 21.3 Å². The van der Waals surface area contributed by atoms with E-state index in [1.807, 2.05) is 0 Å². The van der Waals surface area contributed by atoms with Crippen LogP contribution in [0.2, 0.25) is 0 Å². The van der Waals surface area contributed by atoms with Gasteiger partial charge < -0.3 is 19.5 Å². The molecule has 3 heterocycles. The Hall–Kier alpha value is -3.73. The number of benzene rings is 1. The molecule has 4 rings (SSSR count). The van der Waals surface area contributed by atoms with Gasteiger partial charge in [0.25, 0.3) is 0 Å². The first-order chi connectivity index (χ1) is 14.6. The number of carbonyl (C=O) groups excluding carboxylic acids is 2. The zero-order valence-corrected chi connectivity index (χ0v) is 17.1. The van der Waals surface area contributed by atoms with E-state index in [2.05, 4.69) is 20.8 Å². The average Bonchev–Trinajstić information content (AvgIpc) is 3.48. The minimum Gasteiger partial charge on any atom is -0.497 e. The van der Waals surface area contributed by atoms with Crippen molar-refractivity contribution in [2.45, 2.75) is 6.04 Å². The molecule has 1 unspecified atom stereocenters. The van der Waals surface area contributed by atoms with E-state index in [0.29, 0.717) is 21.9 Å². The quantitative estimate of drug-likeness (QED) is 0.466. The van der Waals surface area contributed by atoms with Gasteiger partial charge in [0.2, 0.25) is 11.7 Å². The molecule has 0 radical (unpaired) electrons. The highest BCUT2D eigenvalue weighted by Crippen LogP contribution is 2.41. The lowest BCUT2D eigenvalue weighted by Gasteiger charge is -2.28. The molecule has 0 bridgehead atoms. The monoisotopic (exact) mass is 427 g/mol. The first-order valence-corrected chi connectivity index (χ1v) is 9.64. The summed E-state index contributed by atoms with van der Waals surface area (Å²) in [7, 11) is 4.28. The third-order valence-corrected chi connectivity index (χ3v) is 5.50. The fraction of sp³-hybridized carbons (Fsp3) is 0.211. The summed E-state index contributed by atoms with van der Waals surface area (Å²) in [4.78, 5) is 26.6. The number of carbonyl (C=O) groups is 2. The van der Waals surface area contributed by atoms with Gasteiger partial charge in [-0.05, 0) is 40.1 Å². The first-order valence-electron chi connectivity index (χ1n) is 8.76. The molecule has 0 saturated heterocycles. The Morgan fingerprint density at radius 3 is 2.67 bits per heavy atom. The van der Waals surface area contributed by atoms with Crippen molar-refractivity contribution in [1.82, 2.24) is 20.2 Å². The Bertz CT molecular complexity index is 1140. The van der Waals surface area contributed by atoms with Crippen LogP contribution in [0, 0.1) is 0 Å². The molecule has 11 heteroatoms. The number of methoxy groups -OCH3 is 3. The number of esters is 1. The van der Waals surface area contributed by atoms with Gasteiger partial charge in [0.15, 0.2) is 0 Å². The van der Waals surface area contributed by atoms with Crippen molar-refractivity contribution in [2.24, 2.45) is 0 Å². The summed E-state index contributed by atoms with van der Waals surface area (Å²) >= 11 is 1.26. The summed E-state index contributed by atoms with van der Waals surface area (Å²) in [5, 5.41) is 16.3. The van der Waals surface area contributed by atoms with Crippen molar-refractivity contribution < 1.29 is 23.8 Å². The fourth-order valence-corrected chi connectivity index (χ4v) is 3.95. The largest absolute Gasteiger partial charge is 0.497 e. The molecular weight excluding hydrogens is 410 g/mol. The first kappa shape index (κ1) is 19.6. The number of tetrazole rings is 1. The molecule has 1 aliphatic heterocycles. The van der Waals surface area contributed by atoms with Gasteiger partial charge >= 0.3 is 5.97 Å². The lowest BCUT2D eigenvalue weighted by molar-refractivity contribution is -0.136. The van der Waals surface area contributed by atoms with E-state index in [9.17, 15) is 9.59 Å². The normalized spacial score (nSPS) is 15.2. The van der Waals surface area contributed by atoms with Crippen LogP contribution in [0.3, 0.4) is 0 Å². The number of fused-ring (bicyclic) bond motifs is 1. The molecule has 1 aliphatic rings. The van der Waals surface area contributed by atoms with Crippen LogP contribution in [-0.4, -0.2) is 53.3 Å². The highest BCUT2D eigenvalue weighted by Gasteiger charge is 2.40. The number of nitrogens with one attached hydrogen (secondary N) is 1. The zero-order valence-electron chi connectivity index (χ0n) is 16.3. The molecular formula is C19H17N5O5S. The molecule has 154 valence electrons. The van der Waals surface area contributed by atoms with Crippen LogP contribution in [0.15, 0.2) is 47.0 Å². The third kappa shape index (κ3) is 3.18. The van der Waals surface area contributed by atoms with Crippen molar-refractivity contribution in [2.75, 3.05) is 26.6 Å². The summed E-state index contributed by atoms with van der Waals surface area (Å²) in [5.74, 6) is 0.143. The van der Waals surface area contributed by atoms with Crippen LogP contribution in [-0.2, 0) is 9.53 Å². The highest BCUT2D eigenvalue weighted by atomic mass is 32.1. The molecule has 0 saturated carbocycles. The second-order valence-corrected chi connectivity index (χ2v) is 7.12. The second kappa shape index (κ2) is 7.95. The molecule has 30 heavy (non-hydrogen) atoms. The molecule has 1 aromatic carbocycles. The Morgan fingerprint density at radius 1 is 1.17 bits per heavy atom. The van der Waals surface area contributed by atoms with Crippen molar-refractivity contribution >= 4 is 29.0 Å². The Balaban J connectivity index is 2.01. The topological polar surface area (TPSA) is 117 Å². The van der Waals surface area contributed by atoms with Gasteiger partial charge in [-0.15, -0.1) is 11.3 Å². The standard InChI is InChI=1S/C19H17N5O5S/c1-27-10-6-7-12(28-2)11(9-10)16-14(17(25)13-5-4-8-30-13)15(18(26)29-3)20-19-21-22-23-24(16)19/h4-9,16H,1-3H3,(H,20,21,23). The van der Waals surface area contributed by atoms with Crippen LogP contribution in [0.5, 0.6) is 11.5 Å². The van der Waals surface area contributed by atoms with Gasteiger partial charge in [-0.25, -0.2) is 4.79 Å². The maximum atomic E-state index is 13.5. The summed E-state index contributed by atoms with van der Waals surface area (Å²) in [6.07, 6.45) is 0. The predicted molar refractivity (Wildman–Crippen MR) is 107 cm³/mol. The Kier molecular flexibility index (Phi) is 5.19. The number of anilines is 1. The molecule has 0 spiro atoms. The van der Waals surface area contributed by atoms with Gasteiger partial charge in [-0.3, -0.25) is 4.79 Å². The van der Waals surface area contributed by atoms with Gasteiger partial charge in [0, 0.05) is 5.56 Å². The number of hydrogen-bond acceptors (Lipinski definition) is 10. The highest BCUT2D eigenvalue weighted by molar-refractivity contribution is 7.12. The SMILES string of the molecule is COC(=O)C1=C(C(=O)c2cccs2)C(c2cc(OC)ccc2OC)n2nnnc2N1. The number of hydrogen-bond donors (Lipinski definition) is 1. The summed E-state index contributed by atoms with van der Waals surface area (Å²) in [6, 6.07) is 7.75. The van der Waals surface area contributed by atoms with Crippen molar-refractivity contribution in [3.63, 3.8) is 0 Å². The molecule has 0 aliphatic carbocycles. The summed E-state index contributed by atoms with van der Waals surface area (Å²) in [5.41, 5.74) is 0.650. The van der Waals surface area contributed by atoms with Crippen molar-refractivity contribution in [1.29, 1.82) is 0 Å².